The number of carbonyl (C=O) groups is 2. The standard InChI is InChI=1S/C25H27Cl2FN2O4/c1-5-16-20(9-8-18(26)22(16)27)30(4)13-21(31)29-25(10-11-34-14-25)17-7-6-15(12-19(17)28)24(2,3)23(32)33/h5-9,12H,1,10-11,13-14H2,2-4H3,(H,29,31)(H,32,33). The van der Waals surface area contributed by atoms with Gasteiger partial charge >= 0.3 is 5.97 Å². The third-order valence-electron chi connectivity index (χ3n) is 6.25. The van der Waals surface area contributed by atoms with E-state index < -0.39 is 22.7 Å². The second kappa shape index (κ2) is 9.94. The summed E-state index contributed by atoms with van der Waals surface area (Å²) >= 11 is 12.4. The summed E-state index contributed by atoms with van der Waals surface area (Å²) in [4.78, 5) is 26.3. The van der Waals surface area contributed by atoms with Crippen LogP contribution in [-0.4, -0.2) is 43.8 Å². The maximum Gasteiger partial charge on any atom is 0.313 e. The topological polar surface area (TPSA) is 78.9 Å². The van der Waals surface area contributed by atoms with Gasteiger partial charge in [-0.3, -0.25) is 9.59 Å². The van der Waals surface area contributed by atoms with Crippen LogP contribution >= 0.6 is 23.2 Å². The average molecular weight is 509 g/mol. The molecule has 0 aromatic heterocycles. The summed E-state index contributed by atoms with van der Waals surface area (Å²) in [5.74, 6) is -2.00. The average Bonchev–Trinajstić information content (AvgIpc) is 3.24. The van der Waals surface area contributed by atoms with Crippen LogP contribution < -0.4 is 10.2 Å². The van der Waals surface area contributed by atoms with E-state index in [2.05, 4.69) is 11.9 Å². The molecule has 2 aromatic carbocycles. The van der Waals surface area contributed by atoms with Gasteiger partial charge in [-0.2, -0.15) is 0 Å². The molecule has 1 aliphatic rings. The molecule has 182 valence electrons. The molecule has 0 spiro atoms. The Kier molecular flexibility index (Phi) is 7.60. The third-order valence-corrected chi connectivity index (χ3v) is 7.07. The molecule has 1 saturated heterocycles. The molecule has 3 rings (SSSR count). The Bertz CT molecular complexity index is 1130. The fourth-order valence-corrected chi connectivity index (χ4v) is 4.45. The van der Waals surface area contributed by atoms with Crippen LogP contribution in [-0.2, 0) is 25.3 Å². The van der Waals surface area contributed by atoms with Gasteiger partial charge in [0, 0.05) is 36.9 Å². The molecule has 9 heteroatoms. The number of benzene rings is 2. The number of amides is 1. The van der Waals surface area contributed by atoms with Gasteiger partial charge in [0.15, 0.2) is 0 Å². The number of halogens is 3. The zero-order valence-corrected chi connectivity index (χ0v) is 20.8. The van der Waals surface area contributed by atoms with Gasteiger partial charge in [0.25, 0.3) is 0 Å². The van der Waals surface area contributed by atoms with Crippen molar-refractivity contribution < 1.29 is 23.8 Å². The summed E-state index contributed by atoms with van der Waals surface area (Å²) in [5, 5.41) is 13.1. The van der Waals surface area contributed by atoms with Crippen LogP contribution in [0, 0.1) is 5.82 Å². The first-order valence-corrected chi connectivity index (χ1v) is 11.4. The lowest BCUT2D eigenvalue weighted by atomic mass is 9.81. The van der Waals surface area contributed by atoms with Crippen LogP contribution in [0.2, 0.25) is 10.0 Å². The molecule has 0 bridgehead atoms. The zero-order chi connectivity index (χ0) is 25.3. The largest absolute Gasteiger partial charge is 0.481 e. The number of rotatable bonds is 8. The number of carbonyl (C=O) groups excluding carboxylic acids is 1. The minimum Gasteiger partial charge on any atom is -0.481 e. The van der Waals surface area contributed by atoms with Crippen molar-refractivity contribution in [1.29, 1.82) is 0 Å². The van der Waals surface area contributed by atoms with E-state index in [1.54, 1.807) is 36.2 Å². The number of nitrogens with zero attached hydrogens (tertiary/aromatic N) is 1. The van der Waals surface area contributed by atoms with E-state index >= 15 is 4.39 Å². The molecule has 1 heterocycles. The summed E-state index contributed by atoms with van der Waals surface area (Å²) in [6.07, 6.45) is 1.95. The van der Waals surface area contributed by atoms with E-state index in [0.29, 0.717) is 39.9 Å². The van der Waals surface area contributed by atoms with E-state index in [9.17, 15) is 14.7 Å². The second-order valence-corrected chi connectivity index (χ2v) is 9.70. The highest BCUT2D eigenvalue weighted by molar-refractivity contribution is 6.43. The van der Waals surface area contributed by atoms with Crippen molar-refractivity contribution in [3.63, 3.8) is 0 Å². The Morgan fingerprint density at radius 2 is 2.03 bits per heavy atom. The molecule has 2 aromatic rings. The molecule has 0 radical (unpaired) electrons. The molecule has 34 heavy (non-hydrogen) atoms. The van der Waals surface area contributed by atoms with E-state index in [0.717, 1.165) is 0 Å². The van der Waals surface area contributed by atoms with E-state index in [1.165, 1.54) is 26.0 Å². The smallest absolute Gasteiger partial charge is 0.313 e. The molecule has 0 saturated carbocycles. The number of aliphatic carboxylic acids is 1. The lowest BCUT2D eigenvalue weighted by molar-refractivity contribution is -0.142. The van der Waals surface area contributed by atoms with Crippen LogP contribution in [0.4, 0.5) is 10.1 Å². The van der Waals surface area contributed by atoms with Crippen LogP contribution in [0.1, 0.15) is 37.0 Å². The van der Waals surface area contributed by atoms with Gasteiger partial charge in [0.2, 0.25) is 5.91 Å². The predicted molar refractivity (Wildman–Crippen MR) is 132 cm³/mol. The molecular weight excluding hydrogens is 482 g/mol. The van der Waals surface area contributed by atoms with Crippen molar-refractivity contribution in [2.24, 2.45) is 0 Å². The highest BCUT2D eigenvalue weighted by Gasteiger charge is 2.41. The van der Waals surface area contributed by atoms with Gasteiger partial charge in [-0.1, -0.05) is 48.0 Å². The monoisotopic (exact) mass is 508 g/mol. The minimum atomic E-state index is -1.26. The SMILES string of the molecule is C=Cc1c(N(C)CC(=O)NC2(c3ccc(C(C)(C)C(=O)O)cc3F)CCOC2)ccc(Cl)c1Cl. The highest BCUT2D eigenvalue weighted by atomic mass is 35.5. The Balaban J connectivity index is 1.85. The Hall–Kier alpha value is -2.61. The van der Waals surface area contributed by atoms with Crippen molar-refractivity contribution in [3.05, 3.63) is 69.5 Å². The van der Waals surface area contributed by atoms with Crippen LogP contribution in [0.3, 0.4) is 0 Å². The summed E-state index contributed by atoms with van der Waals surface area (Å²) in [5.41, 5.74) is -0.459. The molecule has 1 aliphatic heterocycles. The summed E-state index contributed by atoms with van der Waals surface area (Å²) < 4.78 is 20.8. The number of ether oxygens (including phenoxy) is 1. The fourth-order valence-electron chi connectivity index (χ4n) is 4.05. The van der Waals surface area contributed by atoms with Gasteiger partial charge in [0.1, 0.15) is 5.82 Å². The number of carboxylic acids is 1. The summed E-state index contributed by atoms with van der Waals surface area (Å²) in [6.45, 7) is 7.21. The summed E-state index contributed by atoms with van der Waals surface area (Å²) in [7, 11) is 1.73. The number of anilines is 1. The lowest BCUT2D eigenvalue weighted by Crippen LogP contribution is -2.50. The molecular formula is C25H27Cl2FN2O4. The molecule has 2 N–H and O–H groups in total. The highest BCUT2D eigenvalue weighted by Crippen LogP contribution is 2.36. The predicted octanol–water partition coefficient (Wildman–Crippen LogP) is 5.01. The van der Waals surface area contributed by atoms with Crippen molar-refractivity contribution in [2.75, 3.05) is 31.7 Å². The first-order chi connectivity index (χ1) is 15.9. The number of nitrogens with one attached hydrogen (secondary N) is 1. The Morgan fingerprint density at radius 1 is 1.32 bits per heavy atom. The zero-order valence-electron chi connectivity index (χ0n) is 19.3. The first kappa shape index (κ1) is 26.0. The summed E-state index contributed by atoms with van der Waals surface area (Å²) in [6, 6.07) is 7.71. The normalized spacial score (nSPS) is 17.9. The van der Waals surface area contributed by atoms with Crippen molar-refractivity contribution in [2.45, 2.75) is 31.2 Å². The van der Waals surface area contributed by atoms with E-state index in [-0.39, 0.29) is 24.6 Å². The molecule has 1 fully saturated rings. The molecule has 6 nitrogen and oxygen atoms in total. The number of carboxylic acid groups (broad SMARTS) is 1. The molecule has 1 atom stereocenters. The van der Waals surface area contributed by atoms with Gasteiger partial charge < -0.3 is 20.1 Å². The van der Waals surface area contributed by atoms with Crippen molar-refractivity contribution in [3.8, 4) is 0 Å². The van der Waals surface area contributed by atoms with Crippen molar-refractivity contribution >= 4 is 46.8 Å². The number of hydrogen-bond acceptors (Lipinski definition) is 4. The first-order valence-electron chi connectivity index (χ1n) is 10.7. The molecule has 1 unspecified atom stereocenters. The maximum atomic E-state index is 15.3. The van der Waals surface area contributed by atoms with Gasteiger partial charge in [-0.05, 0) is 37.6 Å². The quantitative estimate of drug-likeness (QED) is 0.524. The van der Waals surface area contributed by atoms with E-state index in [1.807, 2.05) is 0 Å². The Morgan fingerprint density at radius 3 is 2.59 bits per heavy atom. The molecule has 0 aliphatic carbocycles. The van der Waals surface area contributed by atoms with Gasteiger partial charge in [0.05, 0.1) is 34.2 Å². The molecule has 1 amide bonds. The van der Waals surface area contributed by atoms with Gasteiger partial charge in [-0.15, -0.1) is 0 Å². The van der Waals surface area contributed by atoms with Crippen molar-refractivity contribution in [1.82, 2.24) is 5.32 Å². The van der Waals surface area contributed by atoms with Crippen LogP contribution in [0.25, 0.3) is 6.08 Å². The van der Waals surface area contributed by atoms with E-state index in [4.69, 9.17) is 27.9 Å². The number of hydrogen-bond donors (Lipinski definition) is 2. The maximum absolute atomic E-state index is 15.3. The van der Waals surface area contributed by atoms with Crippen LogP contribution in [0.5, 0.6) is 0 Å². The second-order valence-electron chi connectivity index (χ2n) is 8.91. The van der Waals surface area contributed by atoms with Gasteiger partial charge in [-0.25, -0.2) is 4.39 Å². The number of likely N-dealkylation sites (N-methyl/N-ethyl adjacent to an activating group) is 1. The minimum absolute atomic E-state index is 0.0354. The fraction of sp³-hybridized carbons (Fsp3) is 0.360. The van der Waals surface area contributed by atoms with Crippen LogP contribution in [0.15, 0.2) is 36.9 Å². The lowest BCUT2D eigenvalue weighted by Gasteiger charge is -2.32. The Labute approximate surface area is 208 Å². The third kappa shape index (κ3) is 4.92.